The number of nitrogens with one attached hydrogen (secondary N) is 1. The van der Waals surface area contributed by atoms with Crippen LogP contribution in [0.1, 0.15) is 45.6 Å². The van der Waals surface area contributed by atoms with E-state index in [0.29, 0.717) is 42.4 Å². The lowest BCUT2D eigenvalue weighted by atomic mass is 10.1. The van der Waals surface area contributed by atoms with Gasteiger partial charge < -0.3 is 15.0 Å². The zero-order valence-corrected chi connectivity index (χ0v) is 19.9. The highest BCUT2D eigenvalue weighted by Gasteiger charge is 2.31. The number of carbonyl (C=O) groups is 2. The number of hydrogen-bond donors (Lipinski definition) is 1. The van der Waals surface area contributed by atoms with Crippen LogP contribution in [0.2, 0.25) is 0 Å². The SMILES string of the molecule is COC(=O)c1c(NC(=O)CN2CCN(c3cccc(C(F)(F)F)c3)CC2)sc2c1CCCCC2. The minimum Gasteiger partial charge on any atom is -0.465 e. The average Bonchev–Trinajstić information content (AvgIpc) is 2.98. The maximum atomic E-state index is 13.0. The summed E-state index contributed by atoms with van der Waals surface area (Å²) in [7, 11) is 1.35. The Kier molecular flexibility index (Phi) is 7.47. The van der Waals surface area contributed by atoms with Crippen molar-refractivity contribution in [3.05, 3.63) is 45.8 Å². The normalized spacial score (nSPS) is 17.1. The first-order chi connectivity index (χ1) is 16.3. The zero-order valence-electron chi connectivity index (χ0n) is 19.0. The predicted octanol–water partition coefficient (Wildman–Crippen LogP) is 4.58. The third-order valence-electron chi connectivity index (χ3n) is 6.34. The number of thiophene rings is 1. The lowest BCUT2D eigenvalue weighted by molar-refractivity contribution is -0.137. The van der Waals surface area contributed by atoms with Crippen molar-refractivity contribution in [2.75, 3.05) is 50.1 Å². The summed E-state index contributed by atoms with van der Waals surface area (Å²) in [6.45, 7) is 2.30. The quantitative estimate of drug-likeness (QED) is 0.486. The molecule has 10 heteroatoms. The third-order valence-corrected chi connectivity index (χ3v) is 7.55. The Morgan fingerprint density at radius 3 is 2.53 bits per heavy atom. The van der Waals surface area contributed by atoms with E-state index in [-0.39, 0.29) is 12.5 Å². The Balaban J connectivity index is 1.37. The first-order valence-corrected chi connectivity index (χ1v) is 12.2. The number of fused-ring (bicyclic) bond motifs is 1. The molecular formula is C24H28F3N3O3S. The molecule has 0 radical (unpaired) electrons. The van der Waals surface area contributed by atoms with Gasteiger partial charge in [0, 0.05) is 36.7 Å². The van der Waals surface area contributed by atoms with Gasteiger partial charge in [0.25, 0.3) is 0 Å². The molecule has 1 aromatic carbocycles. The van der Waals surface area contributed by atoms with Crippen LogP contribution in [-0.4, -0.2) is 56.6 Å². The smallest absolute Gasteiger partial charge is 0.416 e. The van der Waals surface area contributed by atoms with Crippen LogP contribution in [0.4, 0.5) is 23.9 Å². The molecular weight excluding hydrogens is 467 g/mol. The highest BCUT2D eigenvalue weighted by atomic mass is 32.1. The van der Waals surface area contributed by atoms with Gasteiger partial charge in [-0.25, -0.2) is 4.79 Å². The molecule has 0 atom stereocenters. The molecule has 0 unspecified atom stereocenters. The maximum Gasteiger partial charge on any atom is 0.416 e. The molecule has 0 bridgehead atoms. The molecule has 0 saturated carbocycles. The molecule has 0 spiro atoms. The number of alkyl halides is 3. The van der Waals surface area contributed by atoms with Gasteiger partial charge in [-0.3, -0.25) is 9.69 Å². The number of hydrogen-bond acceptors (Lipinski definition) is 6. The van der Waals surface area contributed by atoms with Crippen LogP contribution in [0.5, 0.6) is 0 Å². The second-order valence-electron chi connectivity index (χ2n) is 8.62. The number of anilines is 2. The van der Waals surface area contributed by atoms with Gasteiger partial charge in [0.2, 0.25) is 5.91 Å². The van der Waals surface area contributed by atoms with Crippen molar-refractivity contribution in [3.63, 3.8) is 0 Å². The number of aryl methyl sites for hydroxylation is 1. The van der Waals surface area contributed by atoms with Crippen molar-refractivity contribution in [1.29, 1.82) is 0 Å². The fourth-order valence-corrected chi connectivity index (χ4v) is 5.85. The molecule has 2 aromatic rings. The number of ether oxygens (including phenoxy) is 1. The number of nitrogens with zero attached hydrogens (tertiary/aromatic N) is 2. The summed E-state index contributed by atoms with van der Waals surface area (Å²) in [6.07, 6.45) is 0.533. The van der Waals surface area contributed by atoms with Gasteiger partial charge in [0.05, 0.1) is 24.8 Å². The molecule has 1 aliphatic carbocycles. The highest BCUT2D eigenvalue weighted by Crippen LogP contribution is 2.38. The van der Waals surface area contributed by atoms with Gasteiger partial charge >= 0.3 is 12.1 Å². The van der Waals surface area contributed by atoms with Crippen LogP contribution in [0.3, 0.4) is 0 Å². The molecule has 1 N–H and O–H groups in total. The molecule has 1 aromatic heterocycles. The van der Waals surface area contributed by atoms with Crippen molar-refractivity contribution in [1.82, 2.24) is 4.90 Å². The Hall–Kier alpha value is -2.59. The van der Waals surface area contributed by atoms with Gasteiger partial charge in [0.15, 0.2) is 0 Å². The zero-order chi connectivity index (χ0) is 24.3. The van der Waals surface area contributed by atoms with Crippen molar-refractivity contribution in [2.24, 2.45) is 0 Å². The van der Waals surface area contributed by atoms with Crippen LogP contribution in [0.15, 0.2) is 24.3 Å². The standard InChI is InChI=1S/C24H28F3N3O3S/c1-33-23(32)21-18-8-3-2-4-9-19(18)34-22(21)28-20(31)15-29-10-12-30(13-11-29)17-7-5-6-16(14-17)24(25,26)27/h5-7,14H,2-4,8-13,15H2,1H3,(H,28,31). The topological polar surface area (TPSA) is 61.9 Å². The average molecular weight is 496 g/mol. The van der Waals surface area contributed by atoms with Crippen molar-refractivity contribution >= 4 is 33.9 Å². The highest BCUT2D eigenvalue weighted by molar-refractivity contribution is 7.17. The monoisotopic (exact) mass is 495 g/mol. The van der Waals surface area contributed by atoms with E-state index in [0.717, 1.165) is 54.7 Å². The summed E-state index contributed by atoms with van der Waals surface area (Å²) < 4.78 is 44.0. The maximum absolute atomic E-state index is 13.0. The fraction of sp³-hybridized carbons (Fsp3) is 0.500. The van der Waals surface area contributed by atoms with E-state index < -0.39 is 17.7 Å². The molecule has 184 valence electrons. The Bertz CT molecular complexity index is 1050. The number of methoxy groups -OCH3 is 1. The number of amides is 1. The first-order valence-electron chi connectivity index (χ1n) is 11.4. The van der Waals surface area contributed by atoms with Gasteiger partial charge in [-0.15, -0.1) is 11.3 Å². The number of carbonyl (C=O) groups excluding carboxylic acids is 2. The van der Waals surface area contributed by atoms with E-state index in [1.807, 2.05) is 9.80 Å². The van der Waals surface area contributed by atoms with Crippen LogP contribution in [0, 0.1) is 0 Å². The Labute approximate surface area is 200 Å². The Morgan fingerprint density at radius 1 is 1.09 bits per heavy atom. The van der Waals surface area contributed by atoms with Crippen LogP contribution in [0.25, 0.3) is 0 Å². The van der Waals surface area contributed by atoms with Crippen molar-refractivity contribution < 1.29 is 27.5 Å². The minimum absolute atomic E-state index is 0.152. The lowest BCUT2D eigenvalue weighted by Gasteiger charge is -2.36. The van der Waals surface area contributed by atoms with Crippen molar-refractivity contribution in [2.45, 2.75) is 38.3 Å². The van der Waals surface area contributed by atoms with E-state index in [2.05, 4.69) is 5.32 Å². The first kappa shape index (κ1) is 24.5. The molecule has 2 heterocycles. The third kappa shape index (κ3) is 5.55. The molecule has 1 amide bonds. The van der Waals surface area contributed by atoms with Crippen molar-refractivity contribution in [3.8, 4) is 0 Å². The van der Waals surface area contributed by atoms with Crippen LogP contribution >= 0.6 is 11.3 Å². The number of esters is 1. The molecule has 2 aliphatic rings. The molecule has 34 heavy (non-hydrogen) atoms. The lowest BCUT2D eigenvalue weighted by Crippen LogP contribution is -2.48. The number of piperazine rings is 1. The van der Waals surface area contributed by atoms with E-state index in [1.165, 1.54) is 24.5 Å². The molecule has 4 rings (SSSR count). The van der Waals surface area contributed by atoms with Gasteiger partial charge in [-0.1, -0.05) is 12.5 Å². The van der Waals surface area contributed by atoms with Gasteiger partial charge in [0.1, 0.15) is 5.00 Å². The van der Waals surface area contributed by atoms with Gasteiger partial charge in [-0.05, 0) is 49.4 Å². The van der Waals surface area contributed by atoms with Crippen LogP contribution in [-0.2, 0) is 28.5 Å². The molecule has 1 aliphatic heterocycles. The Morgan fingerprint density at radius 2 is 1.82 bits per heavy atom. The van der Waals surface area contributed by atoms with Gasteiger partial charge in [-0.2, -0.15) is 13.2 Å². The molecule has 6 nitrogen and oxygen atoms in total. The fourth-order valence-electron chi connectivity index (χ4n) is 4.56. The second kappa shape index (κ2) is 10.4. The number of benzene rings is 1. The van der Waals surface area contributed by atoms with E-state index in [1.54, 1.807) is 6.07 Å². The second-order valence-corrected chi connectivity index (χ2v) is 9.72. The summed E-state index contributed by atoms with van der Waals surface area (Å²) in [5, 5.41) is 3.46. The largest absolute Gasteiger partial charge is 0.465 e. The summed E-state index contributed by atoms with van der Waals surface area (Å²) >= 11 is 1.46. The summed E-state index contributed by atoms with van der Waals surface area (Å²) in [5.74, 6) is -0.640. The summed E-state index contributed by atoms with van der Waals surface area (Å²) in [4.78, 5) is 30.3. The van der Waals surface area contributed by atoms with E-state index in [9.17, 15) is 22.8 Å². The minimum atomic E-state index is -4.38. The number of halogens is 3. The summed E-state index contributed by atoms with van der Waals surface area (Å²) in [5.41, 5.74) is 1.34. The van der Waals surface area contributed by atoms with E-state index in [4.69, 9.17) is 4.74 Å². The molecule has 1 fully saturated rings. The van der Waals surface area contributed by atoms with Crippen LogP contribution < -0.4 is 10.2 Å². The predicted molar refractivity (Wildman–Crippen MR) is 126 cm³/mol. The molecule has 1 saturated heterocycles. The number of rotatable bonds is 5. The van der Waals surface area contributed by atoms with E-state index >= 15 is 0 Å². The summed E-state index contributed by atoms with van der Waals surface area (Å²) in [6, 6.07) is 5.32.